The molecule has 1 aromatic carbocycles. The Morgan fingerprint density at radius 3 is 2.79 bits per heavy atom. The van der Waals surface area contributed by atoms with Crippen LogP contribution < -0.4 is 4.90 Å². The highest BCUT2D eigenvalue weighted by Gasteiger charge is 2.32. The highest BCUT2D eigenvalue weighted by atomic mass is 16.3. The van der Waals surface area contributed by atoms with Gasteiger partial charge >= 0.3 is 0 Å². The lowest BCUT2D eigenvalue weighted by Gasteiger charge is -2.22. The maximum atomic E-state index is 9.04. The van der Waals surface area contributed by atoms with Gasteiger partial charge in [0.05, 0.1) is 0 Å². The first kappa shape index (κ1) is 9.53. The molecule has 0 spiro atoms. The molecule has 1 heterocycles. The second-order valence-electron chi connectivity index (χ2n) is 4.03. The maximum absolute atomic E-state index is 9.04. The Bertz CT molecular complexity index is 324. The van der Waals surface area contributed by atoms with Crippen LogP contribution in [0.2, 0.25) is 0 Å². The Hall–Kier alpha value is -1.02. The molecule has 14 heavy (non-hydrogen) atoms. The minimum atomic E-state index is 0.275. The first-order chi connectivity index (χ1) is 6.75. The Labute approximate surface area is 85.2 Å². The molecular formula is C12H17NO. The fourth-order valence-corrected chi connectivity index (χ4v) is 2.41. The summed E-state index contributed by atoms with van der Waals surface area (Å²) in [6.45, 7) is 2.50. The van der Waals surface area contributed by atoms with Crippen LogP contribution in [-0.4, -0.2) is 24.8 Å². The van der Waals surface area contributed by atoms with Gasteiger partial charge in [-0.05, 0) is 25.0 Å². The number of fused-ring (bicyclic) bond motifs is 1. The summed E-state index contributed by atoms with van der Waals surface area (Å²) in [5.74, 6) is 0.487. The molecule has 2 nitrogen and oxygen atoms in total. The zero-order chi connectivity index (χ0) is 10.1. The molecule has 0 saturated carbocycles. The monoisotopic (exact) mass is 191 g/mol. The van der Waals surface area contributed by atoms with E-state index < -0.39 is 0 Å². The zero-order valence-corrected chi connectivity index (χ0v) is 8.77. The molecule has 0 amide bonds. The molecule has 0 saturated heterocycles. The molecule has 1 N–H and O–H groups in total. The Morgan fingerprint density at radius 2 is 2.07 bits per heavy atom. The largest absolute Gasteiger partial charge is 0.396 e. The van der Waals surface area contributed by atoms with Gasteiger partial charge < -0.3 is 10.0 Å². The van der Waals surface area contributed by atoms with Crippen molar-refractivity contribution in [3.8, 4) is 0 Å². The van der Waals surface area contributed by atoms with Gasteiger partial charge in [-0.1, -0.05) is 18.2 Å². The normalized spacial score (nSPS) is 25.2. The van der Waals surface area contributed by atoms with Crippen molar-refractivity contribution >= 4 is 5.69 Å². The number of aliphatic hydroxyl groups excluding tert-OH is 1. The van der Waals surface area contributed by atoms with E-state index in [9.17, 15) is 0 Å². The topological polar surface area (TPSA) is 23.5 Å². The number of likely N-dealkylation sites (N-methyl/N-ethyl adjacent to an activating group) is 1. The van der Waals surface area contributed by atoms with Crippen molar-refractivity contribution in [1.82, 2.24) is 0 Å². The Morgan fingerprint density at radius 1 is 1.36 bits per heavy atom. The van der Waals surface area contributed by atoms with Crippen LogP contribution in [0.4, 0.5) is 5.69 Å². The predicted octanol–water partition coefficient (Wildman–Crippen LogP) is 1.99. The summed E-state index contributed by atoms with van der Waals surface area (Å²) in [4.78, 5) is 2.30. The van der Waals surface area contributed by atoms with Crippen molar-refractivity contribution < 1.29 is 5.11 Å². The highest BCUT2D eigenvalue weighted by Crippen LogP contribution is 2.41. The molecule has 0 aromatic heterocycles. The summed E-state index contributed by atoms with van der Waals surface area (Å²) >= 11 is 0. The number of nitrogens with zero attached hydrogens (tertiary/aromatic N) is 1. The van der Waals surface area contributed by atoms with Crippen molar-refractivity contribution in [2.24, 2.45) is 0 Å². The lowest BCUT2D eigenvalue weighted by Crippen LogP contribution is -2.27. The first-order valence-electron chi connectivity index (χ1n) is 5.18. The average Bonchev–Trinajstić information content (AvgIpc) is 2.45. The van der Waals surface area contributed by atoms with Gasteiger partial charge in [-0.2, -0.15) is 0 Å². The average molecular weight is 191 g/mol. The van der Waals surface area contributed by atoms with Gasteiger partial charge in [-0.3, -0.25) is 0 Å². The smallest absolute Gasteiger partial charge is 0.0437 e. The third kappa shape index (κ3) is 1.30. The van der Waals surface area contributed by atoms with Gasteiger partial charge in [-0.25, -0.2) is 0 Å². The van der Waals surface area contributed by atoms with Gasteiger partial charge in [0.25, 0.3) is 0 Å². The Kier molecular flexibility index (Phi) is 2.46. The first-order valence-corrected chi connectivity index (χ1v) is 5.18. The van der Waals surface area contributed by atoms with Crippen molar-refractivity contribution in [2.75, 3.05) is 18.6 Å². The van der Waals surface area contributed by atoms with Crippen molar-refractivity contribution in [3.63, 3.8) is 0 Å². The summed E-state index contributed by atoms with van der Waals surface area (Å²) in [5.41, 5.74) is 2.70. The molecule has 1 aromatic rings. The van der Waals surface area contributed by atoms with E-state index >= 15 is 0 Å². The number of rotatable bonds is 2. The van der Waals surface area contributed by atoms with E-state index in [4.69, 9.17) is 5.11 Å². The van der Waals surface area contributed by atoms with Crippen LogP contribution in [0, 0.1) is 0 Å². The van der Waals surface area contributed by atoms with Crippen LogP contribution in [0.5, 0.6) is 0 Å². The summed E-state index contributed by atoms with van der Waals surface area (Å²) in [6.07, 6.45) is 0.864. The van der Waals surface area contributed by atoms with E-state index in [1.807, 2.05) is 0 Å². The van der Waals surface area contributed by atoms with Gasteiger partial charge in [0.1, 0.15) is 0 Å². The molecule has 1 aliphatic rings. The molecule has 0 bridgehead atoms. The third-order valence-corrected chi connectivity index (χ3v) is 3.35. The SMILES string of the molecule is C[C@H]1[C@@H](CCO)c2ccccc2N1C. The second-order valence-corrected chi connectivity index (χ2v) is 4.03. The minimum Gasteiger partial charge on any atom is -0.396 e. The molecule has 0 fully saturated rings. The van der Waals surface area contributed by atoms with Gasteiger partial charge in [0.2, 0.25) is 0 Å². The van der Waals surface area contributed by atoms with E-state index in [1.54, 1.807) is 0 Å². The van der Waals surface area contributed by atoms with Crippen LogP contribution in [-0.2, 0) is 0 Å². The number of hydrogen-bond donors (Lipinski definition) is 1. The van der Waals surface area contributed by atoms with Gasteiger partial charge in [0, 0.05) is 31.3 Å². The van der Waals surface area contributed by atoms with Gasteiger partial charge in [-0.15, -0.1) is 0 Å². The van der Waals surface area contributed by atoms with Crippen LogP contribution >= 0.6 is 0 Å². The van der Waals surface area contributed by atoms with Crippen molar-refractivity contribution in [3.05, 3.63) is 29.8 Å². The van der Waals surface area contributed by atoms with Crippen LogP contribution in [0.1, 0.15) is 24.8 Å². The molecule has 2 atom stereocenters. The number of para-hydroxylation sites is 1. The predicted molar refractivity (Wildman–Crippen MR) is 58.8 cm³/mol. The van der Waals surface area contributed by atoms with Crippen LogP contribution in [0.15, 0.2) is 24.3 Å². The van der Waals surface area contributed by atoms with Gasteiger partial charge in [0.15, 0.2) is 0 Å². The molecule has 2 heteroatoms. The summed E-state index contributed by atoms with van der Waals surface area (Å²) in [7, 11) is 2.13. The quantitative estimate of drug-likeness (QED) is 0.772. The summed E-state index contributed by atoms with van der Waals surface area (Å²) in [6, 6.07) is 8.98. The lowest BCUT2D eigenvalue weighted by atomic mass is 9.93. The minimum absolute atomic E-state index is 0.275. The maximum Gasteiger partial charge on any atom is 0.0437 e. The fraction of sp³-hybridized carbons (Fsp3) is 0.500. The highest BCUT2D eigenvalue weighted by molar-refractivity contribution is 5.60. The zero-order valence-electron chi connectivity index (χ0n) is 8.77. The number of anilines is 1. The van der Waals surface area contributed by atoms with Crippen LogP contribution in [0.3, 0.4) is 0 Å². The second kappa shape index (κ2) is 3.62. The van der Waals surface area contributed by atoms with Crippen LogP contribution in [0.25, 0.3) is 0 Å². The standard InChI is InChI=1S/C12H17NO/c1-9-10(7-8-14)11-5-3-4-6-12(11)13(9)2/h3-6,9-10,14H,7-8H2,1-2H3/t9-,10+/m0/s1. The number of benzene rings is 1. The molecule has 2 rings (SSSR count). The molecule has 76 valence electrons. The Balaban J connectivity index is 2.37. The molecule has 0 aliphatic carbocycles. The summed E-state index contributed by atoms with van der Waals surface area (Å²) < 4.78 is 0. The van der Waals surface area contributed by atoms with Crippen molar-refractivity contribution in [2.45, 2.75) is 25.3 Å². The molecule has 1 aliphatic heterocycles. The number of hydrogen-bond acceptors (Lipinski definition) is 2. The van der Waals surface area contributed by atoms with E-state index in [-0.39, 0.29) is 6.61 Å². The molecule has 0 radical (unpaired) electrons. The van der Waals surface area contributed by atoms with E-state index in [2.05, 4.69) is 43.1 Å². The molecule has 0 unspecified atom stereocenters. The van der Waals surface area contributed by atoms with Crippen molar-refractivity contribution in [1.29, 1.82) is 0 Å². The van der Waals surface area contributed by atoms with E-state index in [1.165, 1.54) is 11.3 Å². The fourth-order valence-electron chi connectivity index (χ4n) is 2.41. The number of aliphatic hydroxyl groups is 1. The summed E-state index contributed by atoms with van der Waals surface area (Å²) in [5, 5.41) is 9.04. The lowest BCUT2D eigenvalue weighted by molar-refractivity contribution is 0.271. The van der Waals surface area contributed by atoms with E-state index in [0.29, 0.717) is 12.0 Å². The van der Waals surface area contributed by atoms with E-state index in [0.717, 1.165) is 6.42 Å². The third-order valence-electron chi connectivity index (χ3n) is 3.35. The molecular weight excluding hydrogens is 174 g/mol.